The van der Waals surface area contributed by atoms with Crippen LogP contribution >= 0.6 is 11.3 Å². The molecule has 0 fully saturated rings. The molecule has 0 bridgehead atoms. The van der Waals surface area contributed by atoms with E-state index in [0.29, 0.717) is 24.9 Å². The van der Waals surface area contributed by atoms with Crippen LogP contribution in [0.2, 0.25) is 0 Å². The minimum Gasteiger partial charge on any atom is -0.383 e. The fourth-order valence-corrected chi connectivity index (χ4v) is 3.13. The number of ether oxygens (including phenoxy) is 1. The van der Waals surface area contributed by atoms with Crippen molar-refractivity contribution in [2.75, 3.05) is 12.3 Å². The van der Waals surface area contributed by atoms with Crippen LogP contribution in [0.15, 0.2) is 23.7 Å². The van der Waals surface area contributed by atoms with Crippen molar-refractivity contribution in [3.63, 3.8) is 0 Å². The molecular formula is C14H12N4OS. The Bertz CT molecular complexity index is 799. The van der Waals surface area contributed by atoms with Gasteiger partial charge in [0, 0.05) is 23.7 Å². The van der Waals surface area contributed by atoms with Gasteiger partial charge in [-0.15, -0.1) is 11.3 Å². The normalized spacial score (nSPS) is 14.4. The number of hydrogen-bond donors (Lipinski definition) is 1. The molecule has 2 N–H and O–H groups in total. The van der Waals surface area contributed by atoms with Crippen molar-refractivity contribution in [1.82, 2.24) is 15.0 Å². The monoisotopic (exact) mass is 284 g/mol. The Kier molecular flexibility index (Phi) is 2.64. The second-order valence-corrected chi connectivity index (χ2v) is 5.64. The standard InChI is InChI=1S/C14H12N4OS/c15-13-9-7-19-3-1-10(9)17-14(18-13)8-5-12-11(16-6-8)2-4-20-12/h2,4-6H,1,3,7H2,(H2,15,17,18). The quantitative estimate of drug-likeness (QED) is 0.742. The second-order valence-electron chi connectivity index (χ2n) is 4.69. The van der Waals surface area contributed by atoms with Crippen molar-refractivity contribution in [2.24, 2.45) is 0 Å². The number of nitrogens with two attached hydrogens (primary N) is 1. The number of rotatable bonds is 1. The smallest absolute Gasteiger partial charge is 0.163 e. The van der Waals surface area contributed by atoms with Crippen molar-refractivity contribution in [1.29, 1.82) is 0 Å². The first kappa shape index (κ1) is 11.7. The zero-order valence-corrected chi connectivity index (χ0v) is 11.5. The van der Waals surface area contributed by atoms with E-state index in [1.165, 1.54) is 0 Å². The van der Waals surface area contributed by atoms with Crippen LogP contribution < -0.4 is 5.73 Å². The molecule has 0 aliphatic carbocycles. The zero-order valence-electron chi connectivity index (χ0n) is 10.7. The average Bonchev–Trinajstić information content (AvgIpc) is 2.94. The molecule has 1 aliphatic rings. The lowest BCUT2D eigenvalue weighted by atomic mass is 10.1. The zero-order chi connectivity index (χ0) is 13.5. The topological polar surface area (TPSA) is 73.9 Å². The van der Waals surface area contributed by atoms with Gasteiger partial charge in [0.15, 0.2) is 5.82 Å². The van der Waals surface area contributed by atoms with Crippen LogP contribution in [0.5, 0.6) is 0 Å². The van der Waals surface area contributed by atoms with Gasteiger partial charge in [-0.2, -0.15) is 0 Å². The van der Waals surface area contributed by atoms with Gasteiger partial charge >= 0.3 is 0 Å². The summed E-state index contributed by atoms with van der Waals surface area (Å²) < 4.78 is 6.53. The molecule has 0 atom stereocenters. The fourth-order valence-electron chi connectivity index (χ4n) is 2.35. The van der Waals surface area contributed by atoms with E-state index in [1.807, 2.05) is 11.4 Å². The van der Waals surface area contributed by atoms with E-state index in [9.17, 15) is 0 Å². The molecule has 5 nitrogen and oxygen atoms in total. The van der Waals surface area contributed by atoms with Crippen LogP contribution in [-0.2, 0) is 17.8 Å². The largest absolute Gasteiger partial charge is 0.383 e. The van der Waals surface area contributed by atoms with Crippen molar-refractivity contribution in [2.45, 2.75) is 13.0 Å². The Balaban J connectivity index is 1.86. The highest BCUT2D eigenvalue weighted by Crippen LogP contribution is 2.27. The maximum absolute atomic E-state index is 6.02. The van der Waals surface area contributed by atoms with E-state index in [-0.39, 0.29) is 0 Å². The van der Waals surface area contributed by atoms with Crippen molar-refractivity contribution in [3.05, 3.63) is 35.0 Å². The lowest BCUT2D eigenvalue weighted by Gasteiger charge is -2.17. The van der Waals surface area contributed by atoms with Gasteiger partial charge in [-0.1, -0.05) is 0 Å². The molecule has 0 radical (unpaired) electrons. The number of aromatic nitrogens is 3. The summed E-state index contributed by atoms with van der Waals surface area (Å²) in [5, 5.41) is 2.03. The summed E-state index contributed by atoms with van der Waals surface area (Å²) >= 11 is 1.66. The maximum Gasteiger partial charge on any atom is 0.163 e. The molecular weight excluding hydrogens is 272 g/mol. The van der Waals surface area contributed by atoms with Crippen LogP contribution in [-0.4, -0.2) is 21.6 Å². The maximum atomic E-state index is 6.02. The SMILES string of the molecule is Nc1nc(-c2cnc3ccsc3c2)nc2c1COCC2. The molecule has 1 aliphatic heterocycles. The molecule has 20 heavy (non-hydrogen) atoms. The number of fused-ring (bicyclic) bond motifs is 2. The first-order valence-corrected chi connectivity index (χ1v) is 7.26. The van der Waals surface area contributed by atoms with Crippen molar-refractivity contribution in [3.8, 4) is 11.4 Å². The van der Waals surface area contributed by atoms with Crippen LogP contribution in [0.4, 0.5) is 5.82 Å². The van der Waals surface area contributed by atoms with E-state index in [0.717, 1.165) is 33.5 Å². The van der Waals surface area contributed by atoms with Crippen LogP contribution in [0.25, 0.3) is 21.6 Å². The lowest BCUT2D eigenvalue weighted by molar-refractivity contribution is 0.109. The Morgan fingerprint density at radius 2 is 2.25 bits per heavy atom. The van der Waals surface area contributed by atoms with Gasteiger partial charge in [0.1, 0.15) is 5.82 Å². The Morgan fingerprint density at radius 1 is 1.30 bits per heavy atom. The third-order valence-electron chi connectivity index (χ3n) is 3.42. The lowest BCUT2D eigenvalue weighted by Crippen LogP contribution is -2.16. The first-order valence-electron chi connectivity index (χ1n) is 6.38. The molecule has 4 rings (SSSR count). The molecule has 0 amide bonds. The number of nitrogens with zero attached hydrogens (tertiary/aromatic N) is 3. The van der Waals surface area contributed by atoms with E-state index in [4.69, 9.17) is 10.5 Å². The minimum atomic E-state index is 0.504. The van der Waals surface area contributed by atoms with E-state index in [1.54, 1.807) is 17.5 Å². The Labute approximate surface area is 119 Å². The molecule has 0 aromatic carbocycles. The molecule has 0 unspecified atom stereocenters. The number of hydrogen-bond acceptors (Lipinski definition) is 6. The van der Waals surface area contributed by atoms with Gasteiger partial charge in [-0.25, -0.2) is 9.97 Å². The summed E-state index contributed by atoms with van der Waals surface area (Å²) in [5.74, 6) is 1.15. The summed E-state index contributed by atoms with van der Waals surface area (Å²) in [6.07, 6.45) is 2.58. The molecule has 100 valence electrons. The summed E-state index contributed by atoms with van der Waals surface area (Å²) in [5.41, 5.74) is 9.84. The number of pyridine rings is 1. The molecule has 4 heterocycles. The first-order chi connectivity index (χ1) is 9.81. The highest BCUT2D eigenvalue weighted by Gasteiger charge is 2.17. The molecule has 0 spiro atoms. The number of anilines is 1. The highest BCUT2D eigenvalue weighted by molar-refractivity contribution is 7.17. The summed E-state index contributed by atoms with van der Waals surface area (Å²) in [6.45, 7) is 1.19. The van der Waals surface area contributed by atoms with Gasteiger partial charge in [0.05, 0.1) is 29.1 Å². The van der Waals surface area contributed by atoms with Crippen LogP contribution in [0, 0.1) is 0 Å². The third-order valence-corrected chi connectivity index (χ3v) is 4.27. The molecule has 6 heteroatoms. The average molecular weight is 284 g/mol. The Morgan fingerprint density at radius 3 is 3.20 bits per heavy atom. The molecule has 0 saturated carbocycles. The molecule has 3 aromatic heterocycles. The van der Waals surface area contributed by atoms with Gasteiger partial charge in [-0.3, -0.25) is 4.98 Å². The molecule has 0 saturated heterocycles. The van der Waals surface area contributed by atoms with Crippen LogP contribution in [0.1, 0.15) is 11.3 Å². The number of thiophene rings is 1. The van der Waals surface area contributed by atoms with Gasteiger partial charge < -0.3 is 10.5 Å². The van der Waals surface area contributed by atoms with Gasteiger partial charge in [-0.05, 0) is 17.5 Å². The predicted molar refractivity (Wildman–Crippen MR) is 78.4 cm³/mol. The second kappa shape index (κ2) is 4.50. The summed E-state index contributed by atoms with van der Waals surface area (Å²) in [6, 6.07) is 4.07. The fraction of sp³-hybridized carbons (Fsp3) is 0.214. The van der Waals surface area contributed by atoms with E-state index in [2.05, 4.69) is 21.0 Å². The third kappa shape index (κ3) is 1.85. The van der Waals surface area contributed by atoms with Crippen molar-refractivity contribution >= 4 is 27.4 Å². The van der Waals surface area contributed by atoms with Crippen LogP contribution in [0.3, 0.4) is 0 Å². The highest BCUT2D eigenvalue weighted by atomic mass is 32.1. The minimum absolute atomic E-state index is 0.504. The van der Waals surface area contributed by atoms with Gasteiger partial charge in [0.25, 0.3) is 0 Å². The predicted octanol–water partition coefficient (Wildman–Crippen LogP) is 2.41. The van der Waals surface area contributed by atoms with E-state index >= 15 is 0 Å². The van der Waals surface area contributed by atoms with Gasteiger partial charge in [0.2, 0.25) is 0 Å². The summed E-state index contributed by atoms with van der Waals surface area (Å²) in [4.78, 5) is 13.5. The Hall–Kier alpha value is -2.05. The number of nitrogen functional groups attached to an aromatic ring is 1. The summed E-state index contributed by atoms with van der Waals surface area (Å²) in [7, 11) is 0. The molecule has 3 aromatic rings. The van der Waals surface area contributed by atoms with E-state index < -0.39 is 0 Å². The van der Waals surface area contributed by atoms with Crippen molar-refractivity contribution < 1.29 is 4.74 Å².